The van der Waals surface area contributed by atoms with E-state index in [1.54, 1.807) is 13.1 Å². The van der Waals surface area contributed by atoms with Gasteiger partial charge in [0.15, 0.2) is 0 Å². The van der Waals surface area contributed by atoms with Crippen LogP contribution in [0.2, 0.25) is 0 Å². The van der Waals surface area contributed by atoms with Crippen molar-refractivity contribution in [1.82, 2.24) is 5.32 Å². The molecule has 1 fully saturated rings. The van der Waals surface area contributed by atoms with Crippen LogP contribution >= 0.6 is 0 Å². The number of hydrogen-bond acceptors (Lipinski definition) is 3. The van der Waals surface area contributed by atoms with Gasteiger partial charge in [0.2, 0.25) is 0 Å². The van der Waals surface area contributed by atoms with Crippen molar-refractivity contribution >= 4 is 17.3 Å². The first kappa shape index (κ1) is 15.7. The summed E-state index contributed by atoms with van der Waals surface area (Å²) in [6.45, 7) is 4.32. The molecule has 21 heavy (non-hydrogen) atoms. The Bertz CT molecular complexity index is 487. The molecule has 3 N–H and O–H groups in total. The minimum absolute atomic E-state index is 0.0602. The van der Waals surface area contributed by atoms with Gasteiger partial charge in [0, 0.05) is 25.7 Å². The Labute approximate surface area is 127 Å². The highest BCUT2D eigenvalue weighted by Crippen LogP contribution is 2.29. The van der Waals surface area contributed by atoms with Crippen molar-refractivity contribution < 1.29 is 4.79 Å². The van der Waals surface area contributed by atoms with E-state index in [1.165, 1.54) is 32.1 Å². The molecule has 0 spiro atoms. The van der Waals surface area contributed by atoms with Crippen molar-refractivity contribution in [2.75, 3.05) is 30.8 Å². The first-order valence-electron chi connectivity index (χ1n) is 8.02. The van der Waals surface area contributed by atoms with E-state index < -0.39 is 0 Å². The van der Waals surface area contributed by atoms with Crippen molar-refractivity contribution in [3.05, 3.63) is 23.8 Å². The molecular formula is C17H27N3O. The van der Waals surface area contributed by atoms with Crippen LogP contribution in [0.15, 0.2) is 18.2 Å². The fraction of sp³-hybridized carbons (Fsp3) is 0.588. The number of carbonyl (C=O) groups is 1. The average Bonchev–Trinajstić information content (AvgIpc) is 2.73. The molecule has 1 heterocycles. The van der Waals surface area contributed by atoms with Crippen molar-refractivity contribution in [1.29, 1.82) is 0 Å². The Morgan fingerprint density at radius 2 is 2.19 bits per heavy atom. The third kappa shape index (κ3) is 3.90. The molecule has 0 radical (unpaired) electrons. The molecule has 1 aromatic carbocycles. The average molecular weight is 289 g/mol. The summed E-state index contributed by atoms with van der Waals surface area (Å²) in [6, 6.07) is 5.55. The zero-order valence-electron chi connectivity index (χ0n) is 13.2. The van der Waals surface area contributed by atoms with Crippen LogP contribution in [0, 0.1) is 5.92 Å². The van der Waals surface area contributed by atoms with Crippen LogP contribution < -0.4 is 16.0 Å². The molecule has 4 heteroatoms. The van der Waals surface area contributed by atoms with E-state index in [9.17, 15) is 4.79 Å². The van der Waals surface area contributed by atoms with Crippen LogP contribution in [-0.4, -0.2) is 26.0 Å². The monoisotopic (exact) mass is 289 g/mol. The van der Waals surface area contributed by atoms with Crippen molar-refractivity contribution in [2.45, 2.75) is 39.0 Å². The zero-order valence-corrected chi connectivity index (χ0v) is 13.2. The number of carbonyl (C=O) groups excluding carboxylic acids is 1. The van der Waals surface area contributed by atoms with Crippen LogP contribution in [0.1, 0.15) is 49.4 Å². The Kier molecular flexibility index (Phi) is 5.48. The molecule has 1 aliphatic heterocycles. The largest absolute Gasteiger partial charge is 0.397 e. The number of benzene rings is 1. The van der Waals surface area contributed by atoms with Crippen LogP contribution in [0.5, 0.6) is 0 Å². The third-order valence-corrected chi connectivity index (χ3v) is 4.40. The lowest BCUT2D eigenvalue weighted by atomic mass is 9.96. The van der Waals surface area contributed by atoms with Crippen LogP contribution in [-0.2, 0) is 0 Å². The SMILES string of the molecule is CCCC1CCCN(c2cc(C(=O)NC)ccc2N)CC1. The highest BCUT2D eigenvalue weighted by Gasteiger charge is 2.19. The Morgan fingerprint density at radius 1 is 1.38 bits per heavy atom. The summed E-state index contributed by atoms with van der Waals surface area (Å²) >= 11 is 0. The van der Waals surface area contributed by atoms with Crippen molar-refractivity contribution in [3.63, 3.8) is 0 Å². The predicted molar refractivity (Wildman–Crippen MR) is 88.7 cm³/mol. The number of nitrogens with one attached hydrogen (secondary N) is 1. The van der Waals surface area contributed by atoms with Gasteiger partial charge in [-0.15, -0.1) is 0 Å². The summed E-state index contributed by atoms with van der Waals surface area (Å²) < 4.78 is 0. The molecule has 1 saturated heterocycles. The van der Waals surface area contributed by atoms with E-state index >= 15 is 0 Å². The number of hydrogen-bond donors (Lipinski definition) is 2. The first-order valence-corrected chi connectivity index (χ1v) is 8.02. The molecular weight excluding hydrogens is 262 g/mol. The fourth-order valence-electron chi connectivity index (χ4n) is 3.21. The lowest BCUT2D eigenvalue weighted by Crippen LogP contribution is -2.26. The molecule has 0 aliphatic carbocycles. The predicted octanol–water partition coefficient (Wildman–Crippen LogP) is 3.04. The van der Waals surface area contributed by atoms with E-state index in [0.29, 0.717) is 5.56 Å². The normalized spacial score (nSPS) is 19.1. The highest BCUT2D eigenvalue weighted by atomic mass is 16.1. The van der Waals surface area contributed by atoms with Crippen molar-refractivity contribution in [3.8, 4) is 0 Å². The molecule has 1 aromatic rings. The van der Waals surface area contributed by atoms with Gasteiger partial charge in [-0.2, -0.15) is 0 Å². The lowest BCUT2D eigenvalue weighted by molar-refractivity contribution is 0.0963. The summed E-state index contributed by atoms with van der Waals surface area (Å²) in [7, 11) is 1.65. The Balaban J connectivity index is 2.15. The van der Waals surface area contributed by atoms with Gasteiger partial charge in [0.1, 0.15) is 0 Å². The highest BCUT2D eigenvalue weighted by molar-refractivity contribution is 5.96. The van der Waals surface area contributed by atoms with Crippen LogP contribution in [0.25, 0.3) is 0 Å². The maximum absolute atomic E-state index is 11.8. The quantitative estimate of drug-likeness (QED) is 0.838. The summed E-state index contributed by atoms with van der Waals surface area (Å²) in [5.41, 5.74) is 8.58. The van der Waals surface area contributed by atoms with Gasteiger partial charge < -0.3 is 16.0 Å². The first-order chi connectivity index (χ1) is 10.2. The number of nitrogens with two attached hydrogens (primary N) is 1. The molecule has 4 nitrogen and oxygen atoms in total. The van der Waals surface area contributed by atoms with E-state index in [2.05, 4.69) is 17.1 Å². The molecule has 116 valence electrons. The maximum Gasteiger partial charge on any atom is 0.251 e. The second kappa shape index (κ2) is 7.34. The van der Waals surface area contributed by atoms with Gasteiger partial charge in [0.25, 0.3) is 5.91 Å². The fourth-order valence-corrected chi connectivity index (χ4v) is 3.21. The summed E-state index contributed by atoms with van der Waals surface area (Å²) in [6.07, 6.45) is 6.31. The Hall–Kier alpha value is -1.71. The zero-order chi connectivity index (χ0) is 15.2. The third-order valence-electron chi connectivity index (χ3n) is 4.40. The topological polar surface area (TPSA) is 58.4 Å². The number of anilines is 2. The molecule has 0 aromatic heterocycles. The van der Waals surface area contributed by atoms with Gasteiger partial charge in [-0.1, -0.05) is 19.8 Å². The van der Waals surface area contributed by atoms with Crippen LogP contribution in [0.3, 0.4) is 0 Å². The minimum atomic E-state index is -0.0602. The molecule has 0 bridgehead atoms. The summed E-state index contributed by atoms with van der Waals surface area (Å²) in [5, 5.41) is 2.67. The standard InChI is InChI=1S/C17H27N3O/c1-3-5-13-6-4-10-20(11-9-13)16-12-14(17(21)19-2)7-8-15(16)18/h7-8,12-13H,3-6,9-11,18H2,1-2H3,(H,19,21). The summed E-state index contributed by atoms with van der Waals surface area (Å²) in [4.78, 5) is 14.1. The number of nitrogen functional groups attached to an aromatic ring is 1. The molecule has 1 atom stereocenters. The maximum atomic E-state index is 11.8. The van der Waals surface area contributed by atoms with E-state index in [4.69, 9.17) is 5.73 Å². The molecule has 1 unspecified atom stereocenters. The summed E-state index contributed by atoms with van der Waals surface area (Å²) in [5.74, 6) is 0.776. The van der Waals surface area contributed by atoms with Crippen LogP contribution in [0.4, 0.5) is 11.4 Å². The Morgan fingerprint density at radius 3 is 2.90 bits per heavy atom. The lowest BCUT2D eigenvalue weighted by Gasteiger charge is -2.25. The van der Waals surface area contributed by atoms with Gasteiger partial charge in [0.05, 0.1) is 11.4 Å². The number of rotatable bonds is 4. The number of nitrogens with zero attached hydrogens (tertiary/aromatic N) is 1. The second-order valence-electron chi connectivity index (χ2n) is 5.93. The smallest absolute Gasteiger partial charge is 0.251 e. The van der Waals surface area contributed by atoms with E-state index in [0.717, 1.165) is 30.4 Å². The molecule has 1 amide bonds. The van der Waals surface area contributed by atoms with E-state index in [1.807, 2.05) is 12.1 Å². The number of amides is 1. The van der Waals surface area contributed by atoms with Gasteiger partial charge in [-0.05, 0) is 43.4 Å². The molecule has 2 rings (SSSR count). The van der Waals surface area contributed by atoms with E-state index in [-0.39, 0.29) is 5.91 Å². The second-order valence-corrected chi connectivity index (χ2v) is 5.93. The van der Waals surface area contributed by atoms with Crippen molar-refractivity contribution in [2.24, 2.45) is 5.92 Å². The minimum Gasteiger partial charge on any atom is -0.397 e. The van der Waals surface area contributed by atoms with Gasteiger partial charge >= 0.3 is 0 Å². The molecule has 1 aliphatic rings. The van der Waals surface area contributed by atoms with Gasteiger partial charge in [-0.25, -0.2) is 0 Å². The molecule has 0 saturated carbocycles. The van der Waals surface area contributed by atoms with Gasteiger partial charge in [-0.3, -0.25) is 4.79 Å².